The number of urea groups is 1. The van der Waals surface area contributed by atoms with Crippen molar-refractivity contribution < 1.29 is 27.9 Å². The van der Waals surface area contributed by atoms with Gasteiger partial charge in [-0.2, -0.15) is 0 Å². The van der Waals surface area contributed by atoms with Crippen molar-refractivity contribution in [3.63, 3.8) is 0 Å². The van der Waals surface area contributed by atoms with Gasteiger partial charge in [-0.25, -0.2) is 22.8 Å². The lowest BCUT2D eigenvalue weighted by Crippen LogP contribution is -2.55. The van der Waals surface area contributed by atoms with Crippen LogP contribution >= 0.6 is 0 Å². The van der Waals surface area contributed by atoms with E-state index in [1.165, 1.54) is 6.92 Å². The van der Waals surface area contributed by atoms with Gasteiger partial charge in [-0.15, -0.1) is 0 Å². The van der Waals surface area contributed by atoms with E-state index in [1.54, 1.807) is 0 Å². The number of carboxylic acids is 1. The summed E-state index contributed by atoms with van der Waals surface area (Å²) in [5.74, 6) is -5.93. The molecule has 5 nitrogen and oxygen atoms in total. The maximum Gasteiger partial charge on any atom is 0.329 e. The van der Waals surface area contributed by atoms with Crippen LogP contribution < -0.4 is 10.6 Å². The fraction of sp³-hybridized carbons (Fsp3) is 0.385. The fourth-order valence-electron chi connectivity index (χ4n) is 2.02. The highest BCUT2D eigenvalue weighted by molar-refractivity contribution is 5.94. The Morgan fingerprint density at radius 2 is 1.76 bits per heavy atom. The molecule has 2 rings (SSSR count). The van der Waals surface area contributed by atoms with Crippen LogP contribution in [0.15, 0.2) is 12.1 Å². The predicted molar refractivity (Wildman–Crippen MR) is 67.2 cm³/mol. The summed E-state index contributed by atoms with van der Waals surface area (Å²) in [7, 11) is 0. The summed E-state index contributed by atoms with van der Waals surface area (Å²) in [5.41, 5.74) is -1.77. The number of carbonyl (C=O) groups excluding carboxylic acids is 1. The highest BCUT2D eigenvalue weighted by Crippen LogP contribution is 2.39. The van der Waals surface area contributed by atoms with Crippen molar-refractivity contribution in [3.8, 4) is 0 Å². The predicted octanol–water partition coefficient (Wildman–Crippen LogP) is 2.48. The smallest absolute Gasteiger partial charge is 0.329 e. The summed E-state index contributed by atoms with van der Waals surface area (Å²) in [6.45, 7) is 1.36. The SMILES string of the molecule is CC(NC(=O)Nc1cc(F)c(F)c(F)c1)(C(=O)O)C1CC1. The number of halogens is 3. The molecule has 1 aromatic rings. The van der Waals surface area contributed by atoms with Crippen LogP contribution in [0.5, 0.6) is 0 Å². The molecule has 0 heterocycles. The standard InChI is InChI=1S/C13H13F3N2O3/c1-13(11(19)20,6-2-3-6)18-12(21)17-7-4-8(14)10(16)9(15)5-7/h4-6H,2-3H2,1H3,(H,19,20)(H2,17,18,21). The van der Waals surface area contributed by atoms with Crippen LogP contribution in [0.4, 0.5) is 23.7 Å². The summed E-state index contributed by atoms with van der Waals surface area (Å²) in [6, 6.07) is 0.276. The van der Waals surface area contributed by atoms with E-state index in [4.69, 9.17) is 0 Å². The topological polar surface area (TPSA) is 78.4 Å². The molecule has 0 spiro atoms. The third kappa shape index (κ3) is 3.09. The minimum Gasteiger partial charge on any atom is -0.480 e. The van der Waals surface area contributed by atoms with Gasteiger partial charge in [-0.3, -0.25) is 0 Å². The molecule has 1 aromatic carbocycles. The molecule has 1 unspecified atom stereocenters. The largest absolute Gasteiger partial charge is 0.480 e. The number of aliphatic carboxylic acids is 1. The summed E-state index contributed by atoms with van der Waals surface area (Å²) in [5, 5.41) is 13.5. The molecule has 0 radical (unpaired) electrons. The normalized spacial score (nSPS) is 17.0. The molecule has 8 heteroatoms. The first-order valence-corrected chi connectivity index (χ1v) is 6.21. The first-order valence-electron chi connectivity index (χ1n) is 6.21. The molecule has 0 saturated heterocycles. The molecule has 1 saturated carbocycles. The Kier molecular flexibility index (Phi) is 3.80. The maximum absolute atomic E-state index is 13.0. The van der Waals surface area contributed by atoms with Crippen LogP contribution in [0.25, 0.3) is 0 Å². The van der Waals surface area contributed by atoms with Crippen molar-refractivity contribution in [1.29, 1.82) is 0 Å². The van der Waals surface area contributed by atoms with Gasteiger partial charge in [0.1, 0.15) is 5.54 Å². The summed E-state index contributed by atoms with van der Waals surface area (Å²) in [4.78, 5) is 23.0. The second-order valence-electron chi connectivity index (χ2n) is 5.11. The van der Waals surface area contributed by atoms with Gasteiger partial charge in [0.05, 0.1) is 0 Å². The monoisotopic (exact) mass is 302 g/mol. The van der Waals surface area contributed by atoms with Gasteiger partial charge in [-0.05, 0) is 25.7 Å². The number of benzene rings is 1. The Hall–Kier alpha value is -2.25. The fourth-order valence-corrected chi connectivity index (χ4v) is 2.02. The Morgan fingerprint density at radius 1 is 1.24 bits per heavy atom. The molecule has 1 aliphatic carbocycles. The van der Waals surface area contributed by atoms with Crippen molar-refractivity contribution in [2.24, 2.45) is 5.92 Å². The minimum atomic E-state index is -1.64. The van der Waals surface area contributed by atoms with Crippen LogP contribution in [0.2, 0.25) is 0 Å². The Bertz CT molecular complexity index is 581. The first-order chi connectivity index (χ1) is 9.74. The zero-order chi connectivity index (χ0) is 15.8. The highest BCUT2D eigenvalue weighted by atomic mass is 19.2. The molecule has 1 fully saturated rings. The van der Waals surface area contributed by atoms with Gasteiger partial charge in [0.15, 0.2) is 17.5 Å². The van der Waals surface area contributed by atoms with Crippen LogP contribution in [-0.4, -0.2) is 22.6 Å². The molecular formula is C13H13F3N2O3. The lowest BCUT2D eigenvalue weighted by Gasteiger charge is -2.26. The molecule has 2 amide bonds. The maximum atomic E-state index is 13.0. The van der Waals surface area contributed by atoms with Crippen LogP contribution in [0, 0.1) is 23.4 Å². The minimum absolute atomic E-state index is 0.192. The number of anilines is 1. The van der Waals surface area contributed by atoms with E-state index < -0.39 is 35.0 Å². The van der Waals surface area contributed by atoms with E-state index in [0.717, 1.165) is 0 Å². The second kappa shape index (κ2) is 5.27. The Balaban J connectivity index is 2.10. The Labute approximate surface area is 118 Å². The highest BCUT2D eigenvalue weighted by Gasteiger charge is 2.48. The third-order valence-electron chi connectivity index (χ3n) is 3.45. The molecular weight excluding hydrogens is 289 g/mol. The lowest BCUT2D eigenvalue weighted by molar-refractivity contribution is -0.144. The zero-order valence-corrected chi connectivity index (χ0v) is 11.0. The van der Waals surface area contributed by atoms with E-state index in [9.17, 15) is 27.9 Å². The first kappa shape index (κ1) is 15.1. The molecule has 114 valence electrons. The van der Waals surface area contributed by atoms with Gasteiger partial charge in [-0.1, -0.05) is 0 Å². The number of hydrogen-bond acceptors (Lipinski definition) is 2. The van der Waals surface area contributed by atoms with E-state index >= 15 is 0 Å². The molecule has 0 aromatic heterocycles. The Morgan fingerprint density at radius 3 is 2.19 bits per heavy atom. The molecule has 0 bridgehead atoms. The van der Waals surface area contributed by atoms with E-state index in [2.05, 4.69) is 10.6 Å². The van der Waals surface area contributed by atoms with Gasteiger partial charge in [0.25, 0.3) is 0 Å². The average molecular weight is 302 g/mol. The lowest BCUT2D eigenvalue weighted by atomic mass is 9.96. The summed E-state index contributed by atoms with van der Waals surface area (Å²) < 4.78 is 38.8. The van der Waals surface area contributed by atoms with Gasteiger partial charge >= 0.3 is 12.0 Å². The van der Waals surface area contributed by atoms with Gasteiger partial charge < -0.3 is 15.7 Å². The quantitative estimate of drug-likeness (QED) is 0.748. The molecule has 0 aliphatic heterocycles. The second-order valence-corrected chi connectivity index (χ2v) is 5.11. The number of carboxylic acid groups (broad SMARTS) is 1. The summed E-state index contributed by atoms with van der Waals surface area (Å²) >= 11 is 0. The summed E-state index contributed by atoms with van der Waals surface area (Å²) in [6.07, 6.45) is 1.34. The van der Waals surface area contributed by atoms with Crippen molar-refractivity contribution in [2.45, 2.75) is 25.3 Å². The molecule has 3 N–H and O–H groups in total. The van der Waals surface area contributed by atoms with Crippen molar-refractivity contribution >= 4 is 17.7 Å². The number of rotatable bonds is 4. The van der Waals surface area contributed by atoms with E-state index in [-0.39, 0.29) is 11.6 Å². The number of hydrogen-bond donors (Lipinski definition) is 3. The van der Waals surface area contributed by atoms with Crippen molar-refractivity contribution in [1.82, 2.24) is 5.32 Å². The van der Waals surface area contributed by atoms with Gasteiger partial charge in [0, 0.05) is 17.8 Å². The zero-order valence-electron chi connectivity index (χ0n) is 11.0. The van der Waals surface area contributed by atoms with Crippen LogP contribution in [-0.2, 0) is 4.79 Å². The van der Waals surface area contributed by atoms with E-state index in [1.807, 2.05) is 0 Å². The number of amides is 2. The molecule has 1 aliphatic rings. The van der Waals surface area contributed by atoms with E-state index in [0.29, 0.717) is 25.0 Å². The number of carbonyl (C=O) groups is 2. The number of nitrogens with one attached hydrogen (secondary N) is 2. The van der Waals surface area contributed by atoms with Gasteiger partial charge in [0.2, 0.25) is 0 Å². The van der Waals surface area contributed by atoms with Crippen LogP contribution in [0.3, 0.4) is 0 Å². The van der Waals surface area contributed by atoms with Crippen molar-refractivity contribution in [3.05, 3.63) is 29.6 Å². The third-order valence-corrected chi connectivity index (χ3v) is 3.45. The van der Waals surface area contributed by atoms with Crippen LogP contribution in [0.1, 0.15) is 19.8 Å². The molecule has 21 heavy (non-hydrogen) atoms. The average Bonchev–Trinajstić information content (AvgIpc) is 3.19. The molecule has 1 atom stereocenters. The van der Waals surface area contributed by atoms with Crippen molar-refractivity contribution in [2.75, 3.05) is 5.32 Å².